The van der Waals surface area contributed by atoms with Crippen molar-refractivity contribution >= 4 is 11.8 Å². The van der Waals surface area contributed by atoms with Gasteiger partial charge in [-0.25, -0.2) is 4.79 Å². The highest BCUT2D eigenvalue weighted by Gasteiger charge is 2.39. The highest BCUT2D eigenvalue weighted by atomic mass is 16.6. The number of nitrogens with zero attached hydrogens (tertiary/aromatic N) is 1. The topological polar surface area (TPSA) is 81.6 Å². The molecule has 3 unspecified atom stereocenters. The second-order valence-corrected chi connectivity index (χ2v) is 9.16. The van der Waals surface area contributed by atoms with Gasteiger partial charge < -0.3 is 21.1 Å². The number of allylic oxidation sites excluding steroid dienone is 5. The van der Waals surface area contributed by atoms with E-state index in [9.17, 15) is 4.79 Å². The fourth-order valence-corrected chi connectivity index (χ4v) is 4.84. The largest absolute Gasteiger partial charge is 0.449 e. The van der Waals surface area contributed by atoms with Crippen LogP contribution in [0.2, 0.25) is 0 Å². The Kier molecular flexibility index (Phi) is 7.56. The fourth-order valence-electron chi connectivity index (χ4n) is 4.84. The van der Waals surface area contributed by atoms with Crippen molar-refractivity contribution in [3.8, 4) is 0 Å². The molecule has 180 valence electrons. The summed E-state index contributed by atoms with van der Waals surface area (Å²) in [6, 6.07) is 16.1. The molecule has 0 spiro atoms. The first-order valence-corrected chi connectivity index (χ1v) is 11.9. The van der Waals surface area contributed by atoms with Crippen molar-refractivity contribution in [1.29, 1.82) is 0 Å². The second-order valence-electron chi connectivity index (χ2n) is 9.16. The number of anilines is 1. The summed E-state index contributed by atoms with van der Waals surface area (Å²) in [4.78, 5) is 15.0. The smallest absolute Gasteiger partial charge is 0.410 e. The Morgan fingerprint density at radius 3 is 2.46 bits per heavy atom. The van der Waals surface area contributed by atoms with E-state index in [4.69, 9.17) is 16.2 Å². The molecule has 0 bridgehead atoms. The van der Waals surface area contributed by atoms with Crippen molar-refractivity contribution in [2.45, 2.75) is 18.3 Å². The number of hydrogen-bond donors (Lipinski definition) is 2. The van der Waals surface area contributed by atoms with E-state index in [1.165, 1.54) is 11.1 Å². The number of carbonyl (C=O) groups is 1. The van der Waals surface area contributed by atoms with Gasteiger partial charge in [-0.2, -0.15) is 0 Å². The predicted molar refractivity (Wildman–Crippen MR) is 143 cm³/mol. The van der Waals surface area contributed by atoms with Crippen LogP contribution in [0.25, 0.3) is 0 Å². The number of fused-ring (bicyclic) bond motifs is 3. The Balaban J connectivity index is 1.45. The summed E-state index contributed by atoms with van der Waals surface area (Å²) in [6.45, 7) is 8.91. The van der Waals surface area contributed by atoms with Crippen LogP contribution in [0.3, 0.4) is 0 Å². The summed E-state index contributed by atoms with van der Waals surface area (Å²) >= 11 is 0. The van der Waals surface area contributed by atoms with Gasteiger partial charge in [0.2, 0.25) is 0 Å². The van der Waals surface area contributed by atoms with Crippen molar-refractivity contribution in [2.75, 3.05) is 25.4 Å². The van der Waals surface area contributed by atoms with Crippen LogP contribution < -0.4 is 11.5 Å². The Labute approximate surface area is 207 Å². The third-order valence-electron chi connectivity index (χ3n) is 6.62. The third-order valence-corrected chi connectivity index (χ3v) is 6.62. The van der Waals surface area contributed by atoms with Crippen LogP contribution in [0.1, 0.15) is 28.5 Å². The lowest BCUT2D eigenvalue weighted by Gasteiger charge is -2.26. The van der Waals surface area contributed by atoms with Crippen LogP contribution in [-0.4, -0.2) is 30.7 Å². The van der Waals surface area contributed by atoms with Gasteiger partial charge in [0.25, 0.3) is 0 Å². The molecule has 0 saturated heterocycles. The molecule has 0 radical (unpaired) electrons. The highest BCUT2D eigenvalue weighted by Crippen LogP contribution is 2.49. The van der Waals surface area contributed by atoms with Gasteiger partial charge in [0.05, 0.1) is 0 Å². The maximum Gasteiger partial charge on any atom is 0.410 e. The van der Waals surface area contributed by atoms with Gasteiger partial charge in [-0.1, -0.05) is 79.9 Å². The average Bonchev–Trinajstić information content (AvgIpc) is 3.18. The van der Waals surface area contributed by atoms with Gasteiger partial charge in [-0.3, -0.25) is 0 Å². The zero-order valence-corrected chi connectivity index (χ0v) is 20.0. The first kappa shape index (κ1) is 24.1. The predicted octanol–water partition coefficient (Wildman–Crippen LogP) is 5.46. The molecular formula is C30H33N3O2. The van der Waals surface area contributed by atoms with Crippen molar-refractivity contribution in [3.63, 3.8) is 0 Å². The summed E-state index contributed by atoms with van der Waals surface area (Å²) in [5.74, 6) is 0.752. The van der Waals surface area contributed by atoms with E-state index >= 15 is 0 Å². The molecule has 2 aliphatic rings. The number of nitrogen functional groups attached to an aromatic ring is 1. The minimum atomic E-state index is -0.349. The molecule has 0 saturated carbocycles. The van der Waals surface area contributed by atoms with Crippen LogP contribution in [0.5, 0.6) is 0 Å². The van der Waals surface area contributed by atoms with Crippen LogP contribution in [0.4, 0.5) is 10.5 Å². The Hall–Kier alpha value is -3.99. The van der Waals surface area contributed by atoms with Gasteiger partial charge in [-0.15, -0.1) is 0 Å². The van der Waals surface area contributed by atoms with Crippen molar-refractivity contribution < 1.29 is 9.53 Å². The maximum atomic E-state index is 13.3. The number of carbonyl (C=O) groups excluding carboxylic acids is 1. The van der Waals surface area contributed by atoms with Crippen LogP contribution in [-0.2, 0) is 11.2 Å². The summed E-state index contributed by atoms with van der Waals surface area (Å²) in [5, 5.41) is 0. The number of nitrogens with two attached hydrogens (primary N) is 2. The lowest BCUT2D eigenvalue weighted by Crippen LogP contribution is -2.36. The molecular weight excluding hydrogens is 434 g/mol. The van der Waals surface area contributed by atoms with E-state index in [0.29, 0.717) is 49.3 Å². The molecule has 1 amide bonds. The normalized spacial score (nSPS) is 19.8. The number of hydrogen-bond acceptors (Lipinski definition) is 4. The lowest BCUT2D eigenvalue weighted by atomic mass is 9.84. The summed E-state index contributed by atoms with van der Waals surface area (Å²) in [6.07, 6.45) is 12.5. The lowest BCUT2D eigenvalue weighted by molar-refractivity contribution is 0.0964. The molecule has 35 heavy (non-hydrogen) atoms. The molecule has 2 aromatic rings. The van der Waals surface area contributed by atoms with Gasteiger partial charge in [0, 0.05) is 36.3 Å². The SMILES string of the molecule is C=C(N)/C=C\C(=C)CN(CCc1ccc(N)cc1)C(=O)OCC1c2ccccc2C2C=CC=CC21. The monoisotopic (exact) mass is 467 g/mol. The molecule has 4 N–H and O–H groups in total. The Bertz CT molecular complexity index is 1180. The minimum Gasteiger partial charge on any atom is -0.449 e. The van der Waals surface area contributed by atoms with Gasteiger partial charge >= 0.3 is 6.09 Å². The third kappa shape index (κ3) is 5.93. The molecule has 0 aromatic heterocycles. The van der Waals surface area contributed by atoms with Crippen LogP contribution in [0, 0.1) is 5.92 Å². The molecule has 2 aromatic carbocycles. The molecule has 5 nitrogen and oxygen atoms in total. The van der Waals surface area contributed by atoms with E-state index in [1.54, 1.807) is 17.1 Å². The van der Waals surface area contributed by atoms with Crippen LogP contribution in [0.15, 0.2) is 109 Å². The minimum absolute atomic E-state index is 0.129. The molecule has 2 aliphatic carbocycles. The number of ether oxygens (including phenoxy) is 1. The summed E-state index contributed by atoms with van der Waals surface area (Å²) in [5.41, 5.74) is 17.0. The van der Waals surface area contributed by atoms with Crippen LogP contribution >= 0.6 is 0 Å². The first-order valence-electron chi connectivity index (χ1n) is 11.9. The van der Waals surface area contributed by atoms with Crippen molar-refractivity contribution in [1.82, 2.24) is 4.90 Å². The van der Waals surface area contributed by atoms with E-state index in [0.717, 1.165) is 11.1 Å². The Morgan fingerprint density at radius 1 is 1.00 bits per heavy atom. The number of rotatable bonds is 9. The summed E-state index contributed by atoms with van der Waals surface area (Å²) < 4.78 is 5.93. The highest BCUT2D eigenvalue weighted by molar-refractivity contribution is 5.68. The molecule has 5 heteroatoms. The molecule has 0 heterocycles. The number of amides is 1. The van der Waals surface area contributed by atoms with Crippen molar-refractivity contribution in [2.24, 2.45) is 11.7 Å². The average molecular weight is 468 g/mol. The van der Waals surface area contributed by atoms with Gasteiger partial charge in [0.1, 0.15) is 6.61 Å². The maximum absolute atomic E-state index is 13.3. The standard InChI is InChI=1S/C30H33N3O2/c1-21(11-12-22(2)31)19-33(18-17-23-13-15-24(32)16-14-23)30(34)35-20-29-27-9-5-3-7-25(27)26-8-4-6-10-28(26)29/h3-16,25,27,29H,1-2,17-20,31-32H2/b12-11-. The van der Waals surface area contributed by atoms with Crippen molar-refractivity contribution in [3.05, 3.63) is 126 Å². The fraction of sp³-hybridized carbons (Fsp3) is 0.233. The molecule has 3 atom stereocenters. The molecule has 0 fully saturated rings. The first-order chi connectivity index (χ1) is 16.9. The van der Waals surface area contributed by atoms with E-state index in [-0.39, 0.29) is 12.0 Å². The number of benzene rings is 2. The summed E-state index contributed by atoms with van der Waals surface area (Å²) in [7, 11) is 0. The van der Waals surface area contributed by atoms with E-state index in [1.807, 2.05) is 24.3 Å². The van der Waals surface area contributed by atoms with Gasteiger partial charge in [0.15, 0.2) is 0 Å². The molecule has 0 aliphatic heterocycles. The second kappa shape index (κ2) is 11.0. The zero-order chi connectivity index (χ0) is 24.8. The zero-order valence-electron chi connectivity index (χ0n) is 20.0. The quantitative estimate of drug-likeness (QED) is 0.379. The Morgan fingerprint density at radius 2 is 1.71 bits per heavy atom. The van der Waals surface area contributed by atoms with E-state index < -0.39 is 0 Å². The molecule has 4 rings (SSSR count). The van der Waals surface area contributed by atoms with E-state index in [2.05, 4.69) is 61.7 Å². The van der Waals surface area contributed by atoms with Gasteiger partial charge in [-0.05, 0) is 52.8 Å².